The lowest BCUT2D eigenvalue weighted by molar-refractivity contribution is -0.142. The second-order valence-corrected chi connectivity index (χ2v) is 2.51. The maximum atomic E-state index is 11.0. The van der Waals surface area contributed by atoms with E-state index >= 15 is 0 Å². The highest BCUT2D eigenvalue weighted by Gasteiger charge is 2.08. The first-order valence-corrected chi connectivity index (χ1v) is 4.05. The van der Waals surface area contributed by atoms with E-state index < -0.39 is 0 Å². The van der Waals surface area contributed by atoms with Gasteiger partial charge in [0.2, 0.25) is 0 Å². The summed E-state index contributed by atoms with van der Waals surface area (Å²) in [5.74, 6) is -0.326. The van der Waals surface area contributed by atoms with Crippen molar-refractivity contribution in [3.8, 4) is 0 Å². The molecule has 0 saturated carbocycles. The summed E-state index contributed by atoms with van der Waals surface area (Å²) in [5.41, 5.74) is 1.11. The molecule has 0 aliphatic carbocycles. The molecule has 70 valence electrons. The van der Waals surface area contributed by atoms with Crippen LogP contribution in [-0.2, 0) is 16.0 Å². The standard InChI is InChI=1S/C9H11NO3/c1-2-13-9(12)5-8-7(6-11)3-4-10-8/h3-4,6,10H,2,5H2,1H3. The van der Waals surface area contributed by atoms with E-state index in [1.807, 2.05) is 0 Å². The normalized spacial score (nSPS) is 9.62. The molecule has 0 bridgehead atoms. The van der Waals surface area contributed by atoms with Gasteiger partial charge < -0.3 is 9.72 Å². The molecule has 0 radical (unpaired) electrons. The van der Waals surface area contributed by atoms with Gasteiger partial charge in [-0.3, -0.25) is 9.59 Å². The Morgan fingerprint density at radius 1 is 1.69 bits per heavy atom. The highest BCUT2D eigenvalue weighted by molar-refractivity contribution is 5.80. The highest BCUT2D eigenvalue weighted by atomic mass is 16.5. The Bertz CT molecular complexity index is 304. The van der Waals surface area contributed by atoms with Gasteiger partial charge in [-0.05, 0) is 13.0 Å². The fourth-order valence-electron chi connectivity index (χ4n) is 1.04. The molecule has 0 atom stereocenters. The maximum absolute atomic E-state index is 11.0. The van der Waals surface area contributed by atoms with Gasteiger partial charge >= 0.3 is 5.97 Å². The number of hydrogen-bond acceptors (Lipinski definition) is 3. The Labute approximate surface area is 75.9 Å². The van der Waals surface area contributed by atoms with Crippen LogP contribution in [0, 0.1) is 0 Å². The minimum atomic E-state index is -0.326. The van der Waals surface area contributed by atoms with E-state index in [0.717, 1.165) is 0 Å². The van der Waals surface area contributed by atoms with Crippen molar-refractivity contribution in [3.63, 3.8) is 0 Å². The fourth-order valence-corrected chi connectivity index (χ4v) is 1.04. The molecule has 0 spiro atoms. The van der Waals surface area contributed by atoms with Crippen LogP contribution < -0.4 is 0 Å². The number of rotatable bonds is 4. The third-order valence-electron chi connectivity index (χ3n) is 1.62. The average Bonchev–Trinajstić information content (AvgIpc) is 2.52. The zero-order chi connectivity index (χ0) is 9.68. The van der Waals surface area contributed by atoms with Gasteiger partial charge in [-0.25, -0.2) is 0 Å². The van der Waals surface area contributed by atoms with Crippen LogP contribution in [0.1, 0.15) is 23.0 Å². The number of hydrogen-bond donors (Lipinski definition) is 1. The number of aldehydes is 1. The summed E-state index contributed by atoms with van der Waals surface area (Å²) in [7, 11) is 0. The summed E-state index contributed by atoms with van der Waals surface area (Å²) in [6.45, 7) is 2.10. The van der Waals surface area contributed by atoms with E-state index in [1.165, 1.54) is 0 Å². The van der Waals surface area contributed by atoms with E-state index in [-0.39, 0.29) is 12.4 Å². The van der Waals surface area contributed by atoms with Gasteiger partial charge in [0.1, 0.15) is 0 Å². The van der Waals surface area contributed by atoms with E-state index in [0.29, 0.717) is 24.2 Å². The zero-order valence-electron chi connectivity index (χ0n) is 7.37. The lowest BCUT2D eigenvalue weighted by Gasteiger charge is -2.00. The molecule has 1 N–H and O–H groups in total. The van der Waals surface area contributed by atoms with Crippen LogP contribution in [0.4, 0.5) is 0 Å². The fraction of sp³-hybridized carbons (Fsp3) is 0.333. The van der Waals surface area contributed by atoms with Crippen LogP contribution in [0.3, 0.4) is 0 Å². The third kappa shape index (κ3) is 2.43. The summed E-state index contributed by atoms with van der Waals surface area (Å²) >= 11 is 0. The molecule has 1 heterocycles. The van der Waals surface area contributed by atoms with Crippen molar-refractivity contribution in [2.75, 3.05) is 6.61 Å². The van der Waals surface area contributed by atoms with Gasteiger partial charge in [0, 0.05) is 17.5 Å². The number of ether oxygens (including phenoxy) is 1. The molecule has 0 unspecified atom stereocenters. The minimum absolute atomic E-state index is 0.120. The number of nitrogens with one attached hydrogen (secondary N) is 1. The summed E-state index contributed by atoms with van der Waals surface area (Å²) in [4.78, 5) is 24.3. The van der Waals surface area contributed by atoms with Crippen molar-refractivity contribution in [3.05, 3.63) is 23.5 Å². The third-order valence-corrected chi connectivity index (χ3v) is 1.62. The van der Waals surface area contributed by atoms with Crippen molar-refractivity contribution in [1.29, 1.82) is 0 Å². The van der Waals surface area contributed by atoms with Crippen molar-refractivity contribution >= 4 is 12.3 Å². The number of carbonyl (C=O) groups excluding carboxylic acids is 2. The number of aromatic amines is 1. The van der Waals surface area contributed by atoms with E-state index in [4.69, 9.17) is 4.74 Å². The van der Waals surface area contributed by atoms with Crippen LogP contribution in [-0.4, -0.2) is 23.8 Å². The summed E-state index contributed by atoms with van der Waals surface area (Å²) in [5, 5.41) is 0. The lowest BCUT2D eigenvalue weighted by atomic mass is 10.2. The highest BCUT2D eigenvalue weighted by Crippen LogP contribution is 2.04. The number of H-pyrrole nitrogens is 1. The van der Waals surface area contributed by atoms with E-state index in [1.54, 1.807) is 19.2 Å². The molecule has 0 aromatic carbocycles. The molecule has 4 heteroatoms. The van der Waals surface area contributed by atoms with Crippen LogP contribution in [0.5, 0.6) is 0 Å². The van der Waals surface area contributed by atoms with Gasteiger partial charge in [-0.1, -0.05) is 0 Å². The van der Waals surface area contributed by atoms with Crippen LogP contribution >= 0.6 is 0 Å². The van der Waals surface area contributed by atoms with Crippen molar-refractivity contribution < 1.29 is 14.3 Å². The smallest absolute Gasteiger partial charge is 0.311 e. The Kier molecular flexibility index (Phi) is 3.25. The van der Waals surface area contributed by atoms with Crippen LogP contribution in [0.2, 0.25) is 0 Å². The van der Waals surface area contributed by atoms with Crippen molar-refractivity contribution in [2.45, 2.75) is 13.3 Å². The first kappa shape index (κ1) is 9.51. The average molecular weight is 181 g/mol. The number of aromatic nitrogens is 1. The molecule has 0 fully saturated rings. The van der Waals surface area contributed by atoms with Crippen molar-refractivity contribution in [1.82, 2.24) is 4.98 Å². The van der Waals surface area contributed by atoms with Gasteiger partial charge in [0.15, 0.2) is 6.29 Å². The summed E-state index contributed by atoms with van der Waals surface area (Å²) in [6, 6.07) is 1.63. The first-order chi connectivity index (χ1) is 6.27. The molecule has 1 aromatic heterocycles. The monoisotopic (exact) mass is 181 g/mol. The van der Waals surface area contributed by atoms with Gasteiger partial charge in [-0.2, -0.15) is 0 Å². The molecular formula is C9H11NO3. The molecule has 0 aliphatic heterocycles. The van der Waals surface area contributed by atoms with Gasteiger partial charge in [0.05, 0.1) is 13.0 Å². The molecule has 13 heavy (non-hydrogen) atoms. The molecule has 4 nitrogen and oxygen atoms in total. The molecule has 1 rings (SSSR count). The quantitative estimate of drug-likeness (QED) is 0.555. The Balaban J connectivity index is 2.62. The van der Waals surface area contributed by atoms with Crippen LogP contribution in [0.25, 0.3) is 0 Å². The molecule has 0 aliphatic rings. The van der Waals surface area contributed by atoms with Gasteiger partial charge in [0.25, 0.3) is 0 Å². The molecule has 1 aromatic rings. The summed E-state index contributed by atoms with van der Waals surface area (Å²) < 4.78 is 4.74. The predicted octanol–water partition coefficient (Wildman–Crippen LogP) is 0.933. The minimum Gasteiger partial charge on any atom is -0.466 e. The zero-order valence-corrected chi connectivity index (χ0v) is 7.37. The van der Waals surface area contributed by atoms with E-state index in [9.17, 15) is 9.59 Å². The Morgan fingerprint density at radius 2 is 2.46 bits per heavy atom. The van der Waals surface area contributed by atoms with Gasteiger partial charge in [-0.15, -0.1) is 0 Å². The molecule has 0 amide bonds. The Hall–Kier alpha value is -1.58. The van der Waals surface area contributed by atoms with Crippen LogP contribution in [0.15, 0.2) is 12.3 Å². The second-order valence-electron chi connectivity index (χ2n) is 2.51. The van der Waals surface area contributed by atoms with E-state index in [2.05, 4.69) is 4.98 Å². The largest absolute Gasteiger partial charge is 0.466 e. The number of carbonyl (C=O) groups is 2. The SMILES string of the molecule is CCOC(=O)Cc1[nH]ccc1C=O. The lowest BCUT2D eigenvalue weighted by Crippen LogP contribution is -2.08. The molecule has 0 saturated heterocycles. The molecular weight excluding hydrogens is 170 g/mol. The topological polar surface area (TPSA) is 59.2 Å². The second kappa shape index (κ2) is 4.45. The number of esters is 1. The first-order valence-electron chi connectivity index (χ1n) is 4.05. The maximum Gasteiger partial charge on any atom is 0.311 e. The summed E-state index contributed by atoms with van der Waals surface area (Å²) in [6.07, 6.45) is 2.46. The van der Waals surface area contributed by atoms with Crippen molar-refractivity contribution in [2.24, 2.45) is 0 Å². The predicted molar refractivity (Wildman–Crippen MR) is 46.5 cm³/mol. The Morgan fingerprint density at radius 3 is 3.08 bits per heavy atom.